The van der Waals surface area contributed by atoms with Gasteiger partial charge < -0.3 is 23.7 Å². The Labute approximate surface area is 140 Å². The molecule has 0 fully saturated rings. The predicted octanol–water partition coefficient (Wildman–Crippen LogP) is 1.75. The lowest BCUT2D eigenvalue weighted by Crippen LogP contribution is -2.13. The lowest BCUT2D eigenvalue weighted by Gasteiger charge is -2.13. The highest BCUT2D eigenvalue weighted by Crippen LogP contribution is 2.29. The van der Waals surface area contributed by atoms with Crippen molar-refractivity contribution in [2.45, 2.75) is 0 Å². The van der Waals surface area contributed by atoms with Crippen molar-refractivity contribution in [3.63, 3.8) is 0 Å². The van der Waals surface area contributed by atoms with E-state index in [0.717, 1.165) is 6.20 Å². The molecule has 0 saturated carbocycles. The Morgan fingerprint density at radius 1 is 0.833 bits per heavy atom. The Hall–Kier alpha value is -2.16. The van der Waals surface area contributed by atoms with E-state index in [0.29, 0.717) is 69.9 Å². The van der Waals surface area contributed by atoms with Gasteiger partial charge in [0.05, 0.1) is 44.6 Å². The molecule has 8 heteroatoms. The van der Waals surface area contributed by atoms with Crippen LogP contribution in [0.25, 0.3) is 6.08 Å². The summed E-state index contributed by atoms with van der Waals surface area (Å²) in [5.41, 5.74) is 0.650. The Kier molecular flexibility index (Phi) is 8.02. The summed E-state index contributed by atoms with van der Waals surface area (Å²) in [5, 5.41) is 10.4. The molecule has 1 aliphatic rings. The van der Waals surface area contributed by atoms with E-state index in [1.165, 1.54) is 6.08 Å². The number of hydrogen-bond acceptors (Lipinski definition) is 7. The topological polar surface area (TPSA) is 89.3 Å². The van der Waals surface area contributed by atoms with Gasteiger partial charge in [0.1, 0.15) is 13.2 Å². The van der Waals surface area contributed by atoms with E-state index in [2.05, 4.69) is 0 Å². The summed E-state index contributed by atoms with van der Waals surface area (Å²) in [6, 6.07) is 5.13. The summed E-state index contributed by atoms with van der Waals surface area (Å²) in [4.78, 5) is 9.91. The van der Waals surface area contributed by atoms with Crippen LogP contribution in [0.2, 0.25) is 0 Å². The average molecular weight is 339 g/mol. The van der Waals surface area contributed by atoms with Gasteiger partial charge in [-0.05, 0) is 17.7 Å². The fraction of sp³-hybridized carbons (Fsp3) is 0.500. The molecule has 0 radical (unpaired) electrons. The number of nitrogens with zero attached hydrogens (tertiary/aromatic N) is 1. The molecule has 0 atom stereocenters. The van der Waals surface area contributed by atoms with E-state index >= 15 is 0 Å². The Balaban J connectivity index is 2.04. The largest absolute Gasteiger partial charge is 0.487 e. The van der Waals surface area contributed by atoms with Gasteiger partial charge in [0.15, 0.2) is 11.5 Å². The third-order valence-corrected chi connectivity index (χ3v) is 3.07. The van der Waals surface area contributed by atoms with Crippen LogP contribution in [0.5, 0.6) is 11.5 Å². The van der Waals surface area contributed by atoms with Crippen LogP contribution in [0.4, 0.5) is 0 Å². The summed E-state index contributed by atoms with van der Waals surface area (Å²) < 4.78 is 27.5. The zero-order valence-corrected chi connectivity index (χ0v) is 13.3. The minimum atomic E-state index is -0.514. The number of nitro groups is 1. The number of hydrogen-bond donors (Lipinski definition) is 0. The first-order valence-electron chi connectivity index (χ1n) is 7.70. The molecular formula is C16H21NO7. The van der Waals surface area contributed by atoms with Gasteiger partial charge in [0.2, 0.25) is 6.20 Å². The zero-order valence-electron chi connectivity index (χ0n) is 13.3. The van der Waals surface area contributed by atoms with Crippen LogP contribution < -0.4 is 9.47 Å². The average Bonchev–Trinajstić information content (AvgIpc) is 2.58. The molecule has 1 aliphatic heterocycles. The smallest absolute Gasteiger partial charge is 0.235 e. The highest BCUT2D eigenvalue weighted by Gasteiger charge is 2.07. The third-order valence-electron chi connectivity index (χ3n) is 3.07. The molecule has 24 heavy (non-hydrogen) atoms. The Morgan fingerprint density at radius 3 is 1.96 bits per heavy atom. The molecule has 1 heterocycles. The van der Waals surface area contributed by atoms with E-state index in [4.69, 9.17) is 23.7 Å². The van der Waals surface area contributed by atoms with Gasteiger partial charge in [0, 0.05) is 6.08 Å². The van der Waals surface area contributed by atoms with Crippen LogP contribution in [-0.2, 0) is 14.2 Å². The van der Waals surface area contributed by atoms with Crippen molar-refractivity contribution in [3.05, 3.63) is 40.1 Å². The Morgan fingerprint density at radius 2 is 1.38 bits per heavy atom. The lowest BCUT2D eigenvalue weighted by atomic mass is 10.2. The number of fused-ring (bicyclic) bond motifs is 1. The van der Waals surface area contributed by atoms with Gasteiger partial charge in [-0.25, -0.2) is 0 Å². The minimum absolute atomic E-state index is 0.343. The normalized spacial score (nSPS) is 17.8. The van der Waals surface area contributed by atoms with E-state index in [9.17, 15) is 10.1 Å². The number of rotatable bonds is 2. The monoisotopic (exact) mass is 339 g/mol. The molecule has 0 aliphatic carbocycles. The van der Waals surface area contributed by atoms with Crippen LogP contribution in [0.15, 0.2) is 24.4 Å². The van der Waals surface area contributed by atoms with E-state index in [1.807, 2.05) is 0 Å². The molecule has 2 rings (SSSR count). The first kappa shape index (κ1) is 18.2. The molecule has 1 aromatic carbocycles. The molecule has 0 amide bonds. The standard InChI is InChI=1S/C16H21NO7/c18-17(19)4-3-14-1-2-15-16(13-14)24-12-10-22-8-6-20-5-7-21-9-11-23-15/h1-4,13H,5-12H2/b4-3+. The van der Waals surface area contributed by atoms with Crippen LogP contribution in [0, 0.1) is 10.1 Å². The van der Waals surface area contributed by atoms with Crippen LogP contribution in [-0.4, -0.2) is 57.8 Å². The molecule has 0 N–H and O–H groups in total. The fourth-order valence-corrected chi connectivity index (χ4v) is 1.97. The second kappa shape index (κ2) is 10.6. The summed E-state index contributed by atoms with van der Waals surface area (Å²) in [7, 11) is 0. The number of ether oxygens (including phenoxy) is 5. The molecule has 0 saturated heterocycles. The van der Waals surface area contributed by atoms with Gasteiger partial charge >= 0.3 is 0 Å². The van der Waals surface area contributed by atoms with Crippen molar-refractivity contribution in [1.29, 1.82) is 0 Å². The highest BCUT2D eigenvalue weighted by molar-refractivity contribution is 5.55. The number of benzene rings is 1. The summed E-state index contributed by atoms with van der Waals surface area (Å²) in [5.74, 6) is 1.07. The fourth-order valence-electron chi connectivity index (χ4n) is 1.97. The van der Waals surface area contributed by atoms with Gasteiger partial charge in [-0.3, -0.25) is 10.1 Å². The van der Waals surface area contributed by atoms with Crippen molar-refractivity contribution in [3.8, 4) is 11.5 Å². The van der Waals surface area contributed by atoms with E-state index < -0.39 is 4.92 Å². The van der Waals surface area contributed by atoms with Gasteiger partial charge in [-0.2, -0.15) is 0 Å². The minimum Gasteiger partial charge on any atom is -0.487 e. The van der Waals surface area contributed by atoms with Crippen molar-refractivity contribution >= 4 is 6.08 Å². The molecule has 132 valence electrons. The molecule has 0 spiro atoms. The maximum atomic E-state index is 10.4. The quantitative estimate of drug-likeness (QED) is 0.599. The lowest BCUT2D eigenvalue weighted by molar-refractivity contribution is -0.400. The van der Waals surface area contributed by atoms with Gasteiger partial charge in [0.25, 0.3) is 0 Å². The molecule has 0 aromatic heterocycles. The molecule has 8 nitrogen and oxygen atoms in total. The molecule has 0 unspecified atom stereocenters. The van der Waals surface area contributed by atoms with Crippen LogP contribution in [0.1, 0.15) is 5.56 Å². The second-order valence-corrected chi connectivity index (χ2v) is 4.84. The summed E-state index contributed by atoms with van der Waals surface area (Å²) >= 11 is 0. The van der Waals surface area contributed by atoms with Crippen LogP contribution in [0.3, 0.4) is 0 Å². The second-order valence-electron chi connectivity index (χ2n) is 4.84. The SMILES string of the molecule is O=[N+]([O-])/C=C/c1ccc2c(c1)OCCOCCOCCOCCO2. The van der Waals surface area contributed by atoms with E-state index in [-0.39, 0.29) is 0 Å². The van der Waals surface area contributed by atoms with Gasteiger partial charge in [-0.15, -0.1) is 0 Å². The van der Waals surface area contributed by atoms with Crippen molar-refractivity contribution in [1.82, 2.24) is 0 Å². The van der Waals surface area contributed by atoms with Crippen molar-refractivity contribution < 1.29 is 28.6 Å². The summed E-state index contributed by atoms with van der Waals surface area (Å²) in [6.07, 6.45) is 2.28. The molecule has 0 bridgehead atoms. The first-order chi connectivity index (χ1) is 11.8. The maximum absolute atomic E-state index is 10.4. The molecule has 1 aromatic rings. The van der Waals surface area contributed by atoms with E-state index in [1.54, 1.807) is 18.2 Å². The predicted molar refractivity (Wildman–Crippen MR) is 85.9 cm³/mol. The summed E-state index contributed by atoms with van der Waals surface area (Å²) in [6.45, 7) is 3.56. The van der Waals surface area contributed by atoms with Crippen molar-refractivity contribution in [2.24, 2.45) is 0 Å². The van der Waals surface area contributed by atoms with Crippen molar-refractivity contribution in [2.75, 3.05) is 52.9 Å². The highest BCUT2D eigenvalue weighted by atomic mass is 16.6. The maximum Gasteiger partial charge on any atom is 0.235 e. The zero-order chi connectivity index (χ0) is 17.0. The molecular weight excluding hydrogens is 318 g/mol. The van der Waals surface area contributed by atoms with Gasteiger partial charge in [-0.1, -0.05) is 6.07 Å². The first-order valence-corrected chi connectivity index (χ1v) is 7.70. The van der Waals surface area contributed by atoms with Crippen LogP contribution >= 0.6 is 0 Å². The Bertz CT molecular complexity index is 547. The third kappa shape index (κ3) is 6.95.